The van der Waals surface area contributed by atoms with Gasteiger partial charge in [-0.05, 0) is 24.3 Å². The lowest BCUT2D eigenvalue weighted by Gasteiger charge is -2.07. The van der Waals surface area contributed by atoms with Gasteiger partial charge in [0, 0.05) is 23.9 Å². The van der Waals surface area contributed by atoms with Gasteiger partial charge in [-0.2, -0.15) is 5.10 Å². The summed E-state index contributed by atoms with van der Waals surface area (Å²) in [6.45, 7) is 0. The molecule has 0 aliphatic carbocycles. The van der Waals surface area contributed by atoms with Crippen molar-refractivity contribution in [1.82, 2.24) is 9.78 Å². The van der Waals surface area contributed by atoms with E-state index in [1.54, 1.807) is 7.05 Å². The quantitative estimate of drug-likeness (QED) is 0.874. The first kappa shape index (κ1) is 14.5. The van der Waals surface area contributed by atoms with Crippen LogP contribution in [-0.4, -0.2) is 24.1 Å². The molecule has 0 fully saturated rings. The summed E-state index contributed by atoms with van der Waals surface area (Å²) in [5.41, 5.74) is 0.0821. The Hall–Kier alpha value is -1.93. The first-order chi connectivity index (χ1) is 9.29. The fraction of sp³-hybridized carbons (Fsp3) is 0.0909. The number of amides is 1. The van der Waals surface area contributed by atoms with E-state index >= 15 is 0 Å². The molecule has 20 heavy (non-hydrogen) atoms. The first-order valence-electron chi connectivity index (χ1n) is 5.32. The third kappa shape index (κ3) is 2.97. The van der Waals surface area contributed by atoms with Crippen LogP contribution >= 0.6 is 10.7 Å². The minimum absolute atomic E-state index is 0.153. The van der Waals surface area contributed by atoms with E-state index in [0.29, 0.717) is 0 Å². The number of rotatable bonds is 3. The van der Waals surface area contributed by atoms with Gasteiger partial charge in [0.2, 0.25) is 0 Å². The van der Waals surface area contributed by atoms with Crippen LogP contribution in [0.5, 0.6) is 0 Å². The second-order valence-corrected chi connectivity index (χ2v) is 6.44. The normalized spacial score (nSPS) is 11.3. The Morgan fingerprint density at radius 2 is 2.10 bits per heavy atom. The number of nitrogens with zero attached hydrogens (tertiary/aromatic N) is 2. The van der Waals surface area contributed by atoms with E-state index in [2.05, 4.69) is 10.4 Å². The molecule has 0 radical (unpaired) electrons. The summed E-state index contributed by atoms with van der Waals surface area (Å²) < 4.78 is 37.1. The Bertz CT molecular complexity index is 773. The predicted molar refractivity (Wildman–Crippen MR) is 70.6 cm³/mol. The number of nitrogens with one attached hydrogen (secondary N) is 1. The largest absolute Gasteiger partial charge is 0.318 e. The van der Waals surface area contributed by atoms with Crippen molar-refractivity contribution in [2.75, 3.05) is 5.32 Å². The van der Waals surface area contributed by atoms with E-state index in [0.717, 1.165) is 18.2 Å². The zero-order valence-electron chi connectivity index (χ0n) is 10.2. The zero-order chi connectivity index (χ0) is 14.9. The van der Waals surface area contributed by atoms with Gasteiger partial charge in [-0.3, -0.25) is 9.48 Å². The number of aryl methyl sites for hydroxylation is 1. The minimum Gasteiger partial charge on any atom is -0.318 e. The number of aromatic nitrogens is 2. The molecule has 1 aromatic carbocycles. The van der Waals surface area contributed by atoms with Crippen LogP contribution in [0.15, 0.2) is 35.4 Å². The van der Waals surface area contributed by atoms with Gasteiger partial charge in [0.15, 0.2) is 0 Å². The molecule has 2 aromatic rings. The highest BCUT2D eigenvalue weighted by atomic mass is 35.7. The molecule has 1 N–H and O–H groups in total. The fourth-order valence-electron chi connectivity index (χ4n) is 1.53. The molecule has 106 valence electrons. The Balaban J connectivity index is 2.27. The number of hydrogen-bond acceptors (Lipinski definition) is 4. The van der Waals surface area contributed by atoms with Crippen molar-refractivity contribution in [1.29, 1.82) is 0 Å². The van der Waals surface area contributed by atoms with Gasteiger partial charge in [-0.15, -0.1) is 0 Å². The molecule has 0 aliphatic rings. The molecular weight excluding hydrogens is 309 g/mol. The van der Waals surface area contributed by atoms with E-state index in [1.165, 1.54) is 16.9 Å². The molecule has 0 unspecified atom stereocenters. The van der Waals surface area contributed by atoms with Crippen molar-refractivity contribution in [2.24, 2.45) is 7.05 Å². The van der Waals surface area contributed by atoms with Crippen LogP contribution in [0.25, 0.3) is 0 Å². The highest BCUT2D eigenvalue weighted by Gasteiger charge is 2.16. The van der Waals surface area contributed by atoms with Gasteiger partial charge in [-0.1, -0.05) is 0 Å². The van der Waals surface area contributed by atoms with Crippen LogP contribution in [0.1, 0.15) is 10.5 Å². The summed E-state index contributed by atoms with van der Waals surface area (Å²) in [5, 5.41) is 6.13. The molecule has 0 aliphatic heterocycles. The molecule has 1 amide bonds. The topological polar surface area (TPSA) is 81.1 Å². The molecule has 9 heteroatoms. The molecule has 6 nitrogen and oxygen atoms in total. The lowest BCUT2D eigenvalue weighted by Crippen LogP contribution is -2.17. The maximum Gasteiger partial charge on any atom is 0.273 e. The maximum atomic E-state index is 13.7. The van der Waals surface area contributed by atoms with Gasteiger partial charge < -0.3 is 5.32 Å². The average molecular weight is 318 g/mol. The smallest absolute Gasteiger partial charge is 0.273 e. The Labute approximate surface area is 118 Å². The molecular formula is C11H9ClFN3O3S. The number of carbonyl (C=O) groups excluding carboxylic acids is 1. The van der Waals surface area contributed by atoms with Crippen molar-refractivity contribution in [3.05, 3.63) is 42.0 Å². The highest BCUT2D eigenvalue weighted by molar-refractivity contribution is 8.13. The van der Waals surface area contributed by atoms with Gasteiger partial charge in [0.1, 0.15) is 11.5 Å². The summed E-state index contributed by atoms with van der Waals surface area (Å²) in [6, 6.07) is 4.43. The van der Waals surface area contributed by atoms with Crippen LogP contribution in [0.2, 0.25) is 0 Å². The summed E-state index contributed by atoms with van der Waals surface area (Å²) >= 11 is 0. The fourth-order valence-corrected chi connectivity index (χ4v) is 2.29. The van der Waals surface area contributed by atoms with Gasteiger partial charge in [0.25, 0.3) is 15.0 Å². The standard InChI is InChI=1S/C11H9ClFN3O3S/c1-16-10(4-5-14-16)11(17)15-9-3-2-7(6-8(9)13)20(12,18)19/h2-6H,1H3,(H,15,17). The van der Waals surface area contributed by atoms with Gasteiger partial charge in [-0.25, -0.2) is 12.8 Å². The monoisotopic (exact) mass is 317 g/mol. The average Bonchev–Trinajstić information content (AvgIpc) is 2.76. The van der Waals surface area contributed by atoms with Gasteiger partial charge >= 0.3 is 0 Å². The van der Waals surface area contributed by atoms with Crippen LogP contribution < -0.4 is 5.32 Å². The number of halogens is 2. The van der Waals surface area contributed by atoms with Crippen molar-refractivity contribution >= 4 is 31.3 Å². The summed E-state index contributed by atoms with van der Waals surface area (Å²) in [5.74, 6) is -1.47. The minimum atomic E-state index is -4.02. The van der Waals surface area contributed by atoms with Crippen molar-refractivity contribution in [3.63, 3.8) is 0 Å². The second kappa shape index (κ2) is 5.22. The second-order valence-electron chi connectivity index (χ2n) is 3.87. The predicted octanol–water partition coefficient (Wildman–Crippen LogP) is 1.74. The molecule has 0 saturated carbocycles. The molecule has 2 rings (SSSR count). The summed E-state index contributed by atoms with van der Waals surface area (Å²) in [6.07, 6.45) is 1.43. The van der Waals surface area contributed by atoms with E-state index < -0.39 is 20.8 Å². The third-order valence-electron chi connectivity index (χ3n) is 2.52. The number of carbonyl (C=O) groups is 1. The third-order valence-corrected chi connectivity index (χ3v) is 3.88. The maximum absolute atomic E-state index is 13.7. The van der Waals surface area contributed by atoms with Crippen molar-refractivity contribution in [3.8, 4) is 0 Å². The molecule has 0 atom stereocenters. The van der Waals surface area contributed by atoms with Crippen LogP contribution in [0.3, 0.4) is 0 Å². The Kier molecular flexibility index (Phi) is 3.78. The SMILES string of the molecule is Cn1nccc1C(=O)Nc1ccc(S(=O)(=O)Cl)cc1F. The Morgan fingerprint density at radius 1 is 1.40 bits per heavy atom. The lowest BCUT2D eigenvalue weighted by molar-refractivity contribution is 0.101. The summed E-state index contributed by atoms with van der Waals surface area (Å²) in [7, 11) is 2.65. The van der Waals surface area contributed by atoms with E-state index in [4.69, 9.17) is 10.7 Å². The zero-order valence-corrected chi connectivity index (χ0v) is 11.7. The molecule has 1 heterocycles. The van der Waals surface area contributed by atoms with Crippen LogP contribution in [0, 0.1) is 5.82 Å². The van der Waals surface area contributed by atoms with Crippen molar-refractivity contribution in [2.45, 2.75) is 4.90 Å². The number of benzene rings is 1. The van der Waals surface area contributed by atoms with Crippen LogP contribution in [0.4, 0.5) is 10.1 Å². The van der Waals surface area contributed by atoms with Crippen molar-refractivity contribution < 1.29 is 17.6 Å². The van der Waals surface area contributed by atoms with Gasteiger partial charge in [0.05, 0.1) is 10.6 Å². The lowest BCUT2D eigenvalue weighted by atomic mass is 10.3. The molecule has 0 spiro atoms. The molecule has 1 aromatic heterocycles. The first-order valence-corrected chi connectivity index (χ1v) is 7.63. The highest BCUT2D eigenvalue weighted by Crippen LogP contribution is 2.22. The summed E-state index contributed by atoms with van der Waals surface area (Å²) in [4.78, 5) is 11.5. The number of anilines is 1. The van der Waals surface area contributed by atoms with E-state index in [1.807, 2.05) is 0 Å². The van der Waals surface area contributed by atoms with E-state index in [-0.39, 0.29) is 16.3 Å². The van der Waals surface area contributed by atoms with E-state index in [9.17, 15) is 17.6 Å². The Morgan fingerprint density at radius 3 is 2.60 bits per heavy atom. The van der Waals surface area contributed by atoms with Crippen LogP contribution in [-0.2, 0) is 16.1 Å². The molecule has 0 saturated heterocycles. The molecule has 0 bridgehead atoms. The number of hydrogen-bond donors (Lipinski definition) is 1.